The van der Waals surface area contributed by atoms with Gasteiger partial charge in [-0.25, -0.2) is 17.9 Å². The van der Waals surface area contributed by atoms with Gasteiger partial charge in [-0.05, 0) is 25.0 Å². The van der Waals surface area contributed by atoms with E-state index in [4.69, 9.17) is 15.1 Å². The molecular formula is C11H12N2O5S2. The predicted octanol–water partition coefficient (Wildman–Crippen LogP) is 0.530. The van der Waals surface area contributed by atoms with Crippen LogP contribution >= 0.6 is 11.3 Å². The number of hydrogen-bond acceptors (Lipinski definition) is 6. The molecule has 2 unspecified atom stereocenters. The first-order valence-electron chi connectivity index (χ1n) is 5.80. The van der Waals surface area contributed by atoms with Crippen LogP contribution in [0.4, 0.5) is 0 Å². The molecule has 0 aliphatic carbocycles. The zero-order chi connectivity index (χ0) is 14.8. The van der Waals surface area contributed by atoms with Crippen LogP contribution in [0.5, 0.6) is 0 Å². The lowest BCUT2D eigenvalue weighted by Gasteiger charge is -2.11. The summed E-state index contributed by atoms with van der Waals surface area (Å²) in [6.45, 7) is 0.0197. The molecule has 1 fully saturated rings. The number of sulfonamides is 1. The molecule has 0 radical (unpaired) electrons. The van der Waals surface area contributed by atoms with Crippen LogP contribution in [0.2, 0.25) is 0 Å². The standard InChI is InChI=1S/C11H12N2O5S2/c12-5-8-2-4-10(19-8)20(16,17)13-6-7-1-3-9(18-7)11(14)15/h2,4,7,9,13H,1,3,6H2,(H,14,15). The van der Waals surface area contributed by atoms with E-state index >= 15 is 0 Å². The molecule has 2 atom stereocenters. The molecule has 0 aromatic carbocycles. The normalized spacial score (nSPS) is 22.6. The molecule has 0 saturated carbocycles. The summed E-state index contributed by atoms with van der Waals surface area (Å²) < 4.78 is 31.5. The number of ether oxygens (including phenoxy) is 1. The Hall–Kier alpha value is -1.47. The molecule has 20 heavy (non-hydrogen) atoms. The van der Waals surface area contributed by atoms with Crippen LogP contribution in [0.1, 0.15) is 17.7 Å². The largest absolute Gasteiger partial charge is 0.479 e. The molecule has 1 aromatic heterocycles. The van der Waals surface area contributed by atoms with Crippen molar-refractivity contribution in [1.29, 1.82) is 5.26 Å². The summed E-state index contributed by atoms with van der Waals surface area (Å²) in [4.78, 5) is 11.0. The number of nitrogens with one attached hydrogen (secondary N) is 1. The summed E-state index contributed by atoms with van der Waals surface area (Å²) >= 11 is 0.881. The van der Waals surface area contributed by atoms with Crippen molar-refractivity contribution < 1.29 is 23.1 Å². The summed E-state index contributed by atoms with van der Waals surface area (Å²) in [5.41, 5.74) is 0. The zero-order valence-corrected chi connectivity index (χ0v) is 11.9. The molecule has 7 nitrogen and oxygen atoms in total. The summed E-state index contributed by atoms with van der Waals surface area (Å²) in [5, 5.41) is 17.4. The average molecular weight is 316 g/mol. The van der Waals surface area contributed by atoms with E-state index < -0.39 is 28.2 Å². The van der Waals surface area contributed by atoms with E-state index in [2.05, 4.69) is 4.72 Å². The quantitative estimate of drug-likeness (QED) is 0.818. The summed E-state index contributed by atoms with van der Waals surface area (Å²) in [7, 11) is -3.68. The van der Waals surface area contributed by atoms with Gasteiger partial charge in [-0.3, -0.25) is 0 Å². The fraction of sp³-hybridized carbons (Fsp3) is 0.455. The number of nitriles is 1. The first kappa shape index (κ1) is 14.9. The maximum Gasteiger partial charge on any atom is 0.332 e. The van der Waals surface area contributed by atoms with E-state index in [9.17, 15) is 13.2 Å². The third-order valence-electron chi connectivity index (χ3n) is 2.84. The molecule has 2 rings (SSSR count). The van der Waals surface area contributed by atoms with Crippen molar-refractivity contribution in [3.8, 4) is 6.07 Å². The molecule has 1 aliphatic heterocycles. The number of carbonyl (C=O) groups is 1. The molecule has 9 heteroatoms. The Morgan fingerprint density at radius 1 is 1.55 bits per heavy atom. The SMILES string of the molecule is N#Cc1ccc(S(=O)(=O)NCC2CCC(C(=O)O)O2)s1. The summed E-state index contributed by atoms with van der Waals surface area (Å²) in [5.74, 6) is -1.03. The molecule has 0 spiro atoms. The number of hydrogen-bond donors (Lipinski definition) is 2. The van der Waals surface area contributed by atoms with Crippen LogP contribution in [0.3, 0.4) is 0 Å². The number of rotatable bonds is 5. The van der Waals surface area contributed by atoms with Gasteiger partial charge >= 0.3 is 5.97 Å². The van der Waals surface area contributed by atoms with Gasteiger partial charge in [-0.2, -0.15) is 5.26 Å². The average Bonchev–Trinajstić information content (AvgIpc) is 3.05. The van der Waals surface area contributed by atoms with Crippen molar-refractivity contribution in [3.05, 3.63) is 17.0 Å². The van der Waals surface area contributed by atoms with E-state index in [0.717, 1.165) is 11.3 Å². The minimum Gasteiger partial charge on any atom is -0.479 e. The van der Waals surface area contributed by atoms with E-state index in [0.29, 0.717) is 17.7 Å². The Balaban J connectivity index is 1.94. The van der Waals surface area contributed by atoms with Gasteiger partial charge in [0.15, 0.2) is 6.10 Å². The third-order valence-corrected chi connectivity index (χ3v) is 5.75. The third kappa shape index (κ3) is 3.34. The summed E-state index contributed by atoms with van der Waals surface area (Å²) in [6, 6.07) is 4.67. The Kier molecular flexibility index (Phi) is 4.39. The van der Waals surface area contributed by atoms with Crippen LogP contribution in [0.25, 0.3) is 0 Å². The maximum atomic E-state index is 12.0. The molecule has 1 aromatic rings. The molecule has 2 N–H and O–H groups in total. The Morgan fingerprint density at radius 3 is 2.85 bits per heavy atom. The highest BCUT2D eigenvalue weighted by molar-refractivity contribution is 7.91. The second-order valence-electron chi connectivity index (χ2n) is 4.24. The lowest BCUT2D eigenvalue weighted by atomic mass is 10.2. The van der Waals surface area contributed by atoms with Crippen molar-refractivity contribution in [3.63, 3.8) is 0 Å². The predicted molar refractivity (Wildman–Crippen MR) is 69.8 cm³/mol. The Labute approximate surface area is 119 Å². The van der Waals surface area contributed by atoms with Gasteiger partial charge in [0, 0.05) is 6.54 Å². The van der Waals surface area contributed by atoms with E-state index in [1.807, 2.05) is 6.07 Å². The number of aliphatic carboxylic acids is 1. The van der Waals surface area contributed by atoms with E-state index in [-0.39, 0.29) is 10.8 Å². The van der Waals surface area contributed by atoms with Gasteiger partial charge in [-0.1, -0.05) is 0 Å². The highest BCUT2D eigenvalue weighted by Crippen LogP contribution is 2.22. The highest BCUT2D eigenvalue weighted by Gasteiger charge is 2.31. The Morgan fingerprint density at radius 2 is 2.30 bits per heavy atom. The van der Waals surface area contributed by atoms with Crippen molar-refractivity contribution in [1.82, 2.24) is 4.72 Å². The van der Waals surface area contributed by atoms with Gasteiger partial charge in [0.25, 0.3) is 0 Å². The number of thiophene rings is 1. The zero-order valence-electron chi connectivity index (χ0n) is 10.3. The van der Waals surface area contributed by atoms with E-state index in [1.165, 1.54) is 12.1 Å². The number of carboxylic acid groups (broad SMARTS) is 1. The van der Waals surface area contributed by atoms with Gasteiger partial charge in [-0.15, -0.1) is 11.3 Å². The second-order valence-corrected chi connectivity index (χ2v) is 7.32. The molecule has 108 valence electrons. The topological polar surface area (TPSA) is 116 Å². The molecule has 1 saturated heterocycles. The smallest absolute Gasteiger partial charge is 0.332 e. The molecule has 0 bridgehead atoms. The van der Waals surface area contributed by atoms with Crippen molar-refractivity contribution in [2.45, 2.75) is 29.3 Å². The maximum absolute atomic E-state index is 12.0. The lowest BCUT2D eigenvalue weighted by molar-refractivity contribution is -0.149. The van der Waals surface area contributed by atoms with Crippen LogP contribution in [0, 0.1) is 11.3 Å². The van der Waals surface area contributed by atoms with Crippen LogP contribution in [0.15, 0.2) is 16.3 Å². The molecule has 1 aliphatic rings. The fourth-order valence-electron chi connectivity index (χ4n) is 1.84. The van der Waals surface area contributed by atoms with E-state index in [1.54, 1.807) is 0 Å². The van der Waals surface area contributed by atoms with Crippen molar-refractivity contribution in [2.75, 3.05) is 6.54 Å². The molecular weight excluding hydrogens is 304 g/mol. The van der Waals surface area contributed by atoms with Gasteiger partial charge in [0.2, 0.25) is 10.0 Å². The number of carboxylic acids is 1. The molecule has 2 heterocycles. The molecule has 0 amide bonds. The fourth-order valence-corrected chi connectivity index (χ4v) is 4.05. The minimum absolute atomic E-state index is 0.0197. The highest BCUT2D eigenvalue weighted by atomic mass is 32.2. The van der Waals surface area contributed by atoms with Crippen molar-refractivity contribution >= 4 is 27.3 Å². The van der Waals surface area contributed by atoms with Gasteiger partial charge < -0.3 is 9.84 Å². The Bertz CT molecular complexity index is 646. The first-order valence-corrected chi connectivity index (χ1v) is 8.10. The lowest BCUT2D eigenvalue weighted by Crippen LogP contribution is -2.32. The summed E-state index contributed by atoms with van der Waals surface area (Å²) in [6.07, 6.45) is -0.440. The van der Waals surface area contributed by atoms with Crippen LogP contribution < -0.4 is 4.72 Å². The van der Waals surface area contributed by atoms with Crippen molar-refractivity contribution in [2.24, 2.45) is 0 Å². The van der Waals surface area contributed by atoms with Crippen LogP contribution in [-0.2, 0) is 19.6 Å². The second kappa shape index (κ2) is 5.88. The number of nitrogens with zero attached hydrogens (tertiary/aromatic N) is 1. The van der Waals surface area contributed by atoms with Gasteiger partial charge in [0.1, 0.15) is 15.2 Å². The monoisotopic (exact) mass is 316 g/mol. The minimum atomic E-state index is -3.68. The van der Waals surface area contributed by atoms with Crippen LogP contribution in [-0.4, -0.2) is 38.2 Å². The first-order chi connectivity index (χ1) is 9.42. The van der Waals surface area contributed by atoms with Gasteiger partial charge in [0.05, 0.1) is 6.10 Å².